The number of carboxylic acids is 1. The Morgan fingerprint density at radius 3 is 1.17 bits per heavy atom. The highest BCUT2D eigenvalue weighted by atomic mass is 16.6. The third-order valence-electron chi connectivity index (χ3n) is 10.8. The van der Waals surface area contributed by atoms with Gasteiger partial charge in [0.25, 0.3) is 0 Å². The lowest BCUT2D eigenvalue weighted by atomic mass is 9.77. The second-order valence-electron chi connectivity index (χ2n) is 16.4. The van der Waals surface area contributed by atoms with Crippen LogP contribution in [0.3, 0.4) is 0 Å². The maximum atomic E-state index is 12.3. The topological polar surface area (TPSA) is 134 Å². The Labute approximate surface area is 374 Å². The molecule has 0 unspecified atom stereocenters. The fourth-order valence-electron chi connectivity index (χ4n) is 7.69. The Kier molecular flexibility index (Phi) is 20.4. The van der Waals surface area contributed by atoms with Crippen LogP contribution in [0, 0.1) is 11.8 Å². The average molecular weight is 859 g/mol. The van der Waals surface area contributed by atoms with Crippen molar-refractivity contribution in [2.24, 2.45) is 11.8 Å². The van der Waals surface area contributed by atoms with Crippen molar-refractivity contribution in [1.82, 2.24) is 9.80 Å². The number of hydrogen-bond donors (Lipinski definition) is 2. The van der Waals surface area contributed by atoms with Crippen LogP contribution < -0.4 is 0 Å². The molecule has 63 heavy (non-hydrogen) atoms. The lowest BCUT2D eigenvalue weighted by molar-refractivity contribution is -0.169. The zero-order valence-electron chi connectivity index (χ0n) is 38.4. The molecule has 0 aliphatic rings. The summed E-state index contributed by atoms with van der Waals surface area (Å²) in [5, 5.41) is 17.9. The van der Waals surface area contributed by atoms with E-state index in [0.717, 1.165) is 24.2 Å². The first-order valence-corrected chi connectivity index (χ1v) is 21.5. The number of rotatable bonds is 18. The lowest BCUT2D eigenvalue weighted by Gasteiger charge is -2.40. The van der Waals surface area contributed by atoms with Crippen LogP contribution in [-0.2, 0) is 43.1 Å². The summed E-state index contributed by atoms with van der Waals surface area (Å²) < 4.78 is 12.3. The molecular weight excluding hydrogens is 793 g/mol. The van der Waals surface area contributed by atoms with Gasteiger partial charge < -0.3 is 29.5 Å². The molecule has 0 spiro atoms. The van der Waals surface area contributed by atoms with Gasteiger partial charge in [0.05, 0.1) is 5.56 Å². The molecule has 4 atom stereocenters. The Bertz CT molecular complexity index is 2010. The van der Waals surface area contributed by atoms with E-state index in [2.05, 4.69) is 100 Å². The van der Waals surface area contributed by atoms with Gasteiger partial charge in [-0.15, -0.1) is 0 Å². The van der Waals surface area contributed by atoms with Crippen LogP contribution in [0.1, 0.15) is 90.4 Å². The number of carbonyl (C=O) groups excluding carboxylic acids is 3. The maximum absolute atomic E-state index is 12.3. The van der Waals surface area contributed by atoms with Crippen molar-refractivity contribution in [2.75, 3.05) is 41.3 Å². The smallest absolute Gasteiger partial charge is 0.339 e. The summed E-state index contributed by atoms with van der Waals surface area (Å²) in [4.78, 5) is 50.4. The summed E-state index contributed by atoms with van der Waals surface area (Å²) in [5.41, 5.74) is 2.85. The first-order valence-electron chi connectivity index (χ1n) is 21.5. The van der Waals surface area contributed by atoms with Gasteiger partial charge in [-0.2, -0.15) is 0 Å². The van der Waals surface area contributed by atoms with Crippen LogP contribution >= 0.6 is 0 Å². The Morgan fingerprint density at radius 1 is 0.540 bits per heavy atom. The van der Waals surface area contributed by atoms with Crippen molar-refractivity contribution in [2.45, 2.75) is 71.5 Å². The van der Waals surface area contributed by atoms with E-state index in [0.29, 0.717) is 25.7 Å². The standard InChI is InChI=1S/2C22H29NO2.C9H8O4/c2*1-5-21(24)25-22(18(2)17-23(3)4,20-14-10-7-11-15-20)16-19-12-8-6-9-13-19;1-5(10)6-3-2-4-7(8(6)11)9(12)13/h2*6-15,18H,5,16-17H2,1-4H3;2-4,11H,1H3,(H,12,13)/t2*18-,22+;/m11./s1. The number of carbonyl (C=O) groups is 4. The van der Waals surface area contributed by atoms with E-state index in [1.807, 2.05) is 86.6 Å². The summed E-state index contributed by atoms with van der Waals surface area (Å²) in [5.74, 6) is -2.12. The Balaban J connectivity index is 0.000000265. The van der Waals surface area contributed by atoms with Gasteiger partial charge in [-0.05, 0) is 69.5 Å². The molecule has 0 aromatic heterocycles. The Hall–Kier alpha value is -6.10. The highest BCUT2D eigenvalue weighted by Crippen LogP contribution is 2.40. The number of aromatic hydroxyl groups is 1. The van der Waals surface area contributed by atoms with E-state index < -0.39 is 22.9 Å². The van der Waals surface area contributed by atoms with Crippen molar-refractivity contribution < 1.29 is 38.9 Å². The summed E-state index contributed by atoms with van der Waals surface area (Å²) in [6.07, 6.45) is 2.08. The predicted molar refractivity (Wildman–Crippen MR) is 250 cm³/mol. The van der Waals surface area contributed by atoms with Gasteiger partial charge >= 0.3 is 17.9 Å². The molecule has 0 bridgehead atoms. The van der Waals surface area contributed by atoms with Gasteiger partial charge in [-0.25, -0.2) is 4.79 Å². The van der Waals surface area contributed by atoms with Gasteiger partial charge in [0.15, 0.2) is 5.78 Å². The molecule has 0 amide bonds. The summed E-state index contributed by atoms with van der Waals surface area (Å²) in [6.45, 7) is 10.9. The molecule has 5 aromatic rings. The van der Waals surface area contributed by atoms with Crippen molar-refractivity contribution in [3.8, 4) is 5.75 Å². The molecule has 0 saturated carbocycles. The quantitative estimate of drug-likeness (QED) is 0.0648. The zero-order valence-corrected chi connectivity index (χ0v) is 38.4. The Morgan fingerprint density at radius 2 is 0.873 bits per heavy atom. The number of ether oxygens (including phenoxy) is 2. The number of esters is 2. The van der Waals surface area contributed by atoms with Crippen molar-refractivity contribution in [3.63, 3.8) is 0 Å². The fourth-order valence-corrected chi connectivity index (χ4v) is 7.69. The third kappa shape index (κ3) is 15.0. The molecule has 5 aromatic carbocycles. The number of phenols is 1. The van der Waals surface area contributed by atoms with E-state index in [9.17, 15) is 24.3 Å². The van der Waals surface area contributed by atoms with E-state index in [1.54, 1.807) is 0 Å². The monoisotopic (exact) mass is 858 g/mol. The average Bonchev–Trinajstić information content (AvgIpc) is 3.26. The first-order chi connectivity index (χ1) is 30.0. The summed E-state index contributed by atoms with van der Waals surface area (Å²) >= 11 is 0. The molecule has 0 fully saturated rings. The number of benzene rings is 5. The molecule has 0 radical (unpaired) electrons. The second kappa shape index (κ2) is 25.1. The molecule has 0 saturated heterocycles. The maximum Gasteiger partial charge on any atom is 0.339 e. The molecule has 0 aliphatic carbocycles. The van der Waals surface area contributed by atoms with E-state index >= 15 is 0 Å². The van der Waals surface area contributed by atoms with Gasteiger partial charge in [0.2, 0.25) is 0 Å². The minimum absolute atomic E-state index is 0.0277. The van der Waals surface area contributed by atoms with Crippen LogP contribution in [0.2, 0.25) is 0 Å². The molecule has 10 nitrogen and oxygen atoms in total. The zero-order chi connectivity index (χ0) is 46.6. The molecule has 336 valence electrons. The number of carboxylic acid groups (broad SMARTS) is 1. The van der Waals surface area contributed by atoms with Crippen LogP contribution in [0.25, 0.3) is 0 Å². The minimum Gasteiger partial charge on any atom is -0.506 e. The highest BCUT2D eigenvalue weighted by molar-refractivity contribution is 6.01. The van der Waals surface area contributed by atoms with Crippen LogP contribution in [0.4, 0.5) is 0 Å². The number of hydrogen-bond acceptors (Lipinski definition) is 9. The summed E-state index contributed by atoms with van der Waals surface area (Å²) in [6, 6.07) is 44.9. The van der Waals surface area contributed by atoms with Gasteiger partial charge in [-0.1, -0.05) is 155 Å². The number of para-hydroxylation sites is 1. The molecule has 0 heterocycles. The van der Waals surface area contributed by atoms with Gasteiger partial charge in [0, 0.05) is 50.6 Å². The van der Waals surface area contributed by atoms with Gasteiger partial charge in [-0.3, -0.25) is 14.4 Å². The first kappa shape index (κ1) is 51.3. The van der Waals surface area contributed by atoms with Crippen molar-refractivity contribution in [1.29, 1.82) is 0 Å². The number of nitrogens with zero attached hydrogens (tertiary/aromatic N) is 2. The third-order valence-corrected chi connectivity index (χ3v) is 10.8. The van der Waals surface area contributed by atoms with E-state index in [-0.39, 0.29) is 40.7 Å². The molecule has 2 N–H and O–H groups in total. The van der Waals surface area contributed by atoms with Gasteiger partial charge in [0.1, 0.15) is 22.5 Å². The highest BCUT2D eigenvalue weighted by Gasteiger charge is 2.43. The lowest BCUT2D eigenvalue weighted by Crippen LogP contribution is -2.44. The van der Waals surface area contributed by atoms with E-state index in [1.165, 1.54) is 36.2 Å². The normalized spacial score (nSPS) is 13.7. The van der Waals surface area contributed by atoms with Crippen molar-refractivity contribution in [3.05, 3.63) is 173 Å². The number of Topliss-reactive ketones (excluding diaryl/α,β-unsaturated/α-hetero) is 1. The fraction of sp³-hybridized carbons (Fsp3) is 0.358. The molecular formula is C53H66N2O8. The largest absolute Gasteiger partial charge is 0.506 e. The molecule has 5 rings (SSSR count). The van der Waals surface area contributed by atoms with Crippen LogP contribution in [0.15, 0.2) is 140 Å². The SMILES string of the molecule is CC(=O)c1cccc(C(=O)O)c1O.CCC(=O)O[C@](Cc1ccccc1)(c1ccccc1)[C@H](C)CN(C)C.CCC(=O)O[C@](Cc1ccccc1)(c1ccccc1)[C@H](C)CN(C)C. The summed E-state index contributed by atoms with van der Waals surface area (Å²) in [7, 11) is 8.21. The minimum atomic E-state index is -1.25. The van der Waals surface area contributed by atoms with Crippen LogP contribution in [-0.4, -0.2) is 85.0 Å². The van der Waals surface area contributed by atoms with Crippen LogP contribution in [0.5, 0.6) is 5.75 Å². The number of aromatic carboxylic acids is 1. The molecule has 10 heteroatoms. The predicted octanol–water partition coefficient (Wildman–Crippen LogP) is 9.84. The second-order valence-corrected chi connectivity index (χ2v) is 16.4. The number of ketones is 1. The van der Waals surface area contributed by atoms with Crippen molar-refractivity contribution >= 4 is 23.7 Å². The van der Waals surface area contributed by atoms with E-state index in [4.69, 9.17) is 14.6 Å². The molecule has 0 aliphatic heterocycles.